The fourth-order valence-corrected chi connectivity index (χ4v) is 3.29. The van der Waals surface area contributed by atoms with Crippen LogP contribution in [0.1, 0.15) is 37.7 Å². The van der Waals surface area contributed by atoms with Crippen molar-refractivity contribution in [1.82, 2.24) is 25.1 Å². The highest BCUT2D eigenvalue weighted by atomic mass is 16.2. The molecule has 0 atom stereocenters. The van der Waals surface area contributed by atoms with Crippen LogP contribution >= 0.6 is 0 Å². The zero-order valence-electron chi connectivity index (χ0n) is 14.1. The Labute approximate surface area is 142 Å². The summed E-state index contributed by atoms with van der Waals surface area (Å²) in [5, 5.41) is 13.8. The van der Waals surface area contributed by atoms with E-state index >= 15 is 0 Å². The van der Waals surface area contributed by atoms with Gasteiger partial charge in [0.25, 0.3) is 0 Å². The van der Waals surface area contributed by atoms with Crippen LogP contribution < -0.4 is 5.32 Å². The number of amides is 1. The molecule has 1 aliphatic rings. The lowest BCUT2D eigenvalue weighted by molar-refractivity contribution is -0.116. The molecule has 1 aromatic heterocycles. The van der Waals surface area contributed by atoms with Gasteiger partial charge in [0.15, 0.2) is 0 Å². The van der Waals surface area contributed by atoms with Crippen LogP contribution in [0.25, 0.3) is 0 Å². The van der Waals surface area contributed by atoms with Crippen molar-refractivity contribution in [3.63, 3.8) is 0 Å². The average molecular weight is 328 g/mol. The molecule has 1 N–H and O–H groups in total. The number of anilines is 1. The molecule has 7 nitrogen and oxygen atoms in total. The normalized spacial score (nSPS) is 15.6. The van der Waals surface area contributed by atoms with Gasteiger partial charge in [-0.05, 0) is 41.9 Å². The third-order valence-corrected chi connectivity index (χ3v) is 4.61. The second kappa shape index (κ2) is 8.01. The van der Waals surface area contributed by atoms with E-state index in [2.05, 4.69) is 38.9 Å². The van der Waals surface area contributed by atoms with Crippen LogP contribution in [0.3, 0.4) is 0 Å². The van der Waals surface area contributed by atoms with E-state index in [0.717, 1.165) is 17.8 Å². The molecule has 3 rings (SSSR count). The van der Waals surface area contributed by atoms with Crippen LogP contribution in [-0.4, -0.2) is 44.1 Å². The molecule has 1 aromatic carbocycles. The Bertz CT molecular complexity index is 651. The molecule has 1 amide bonds. The fraction of sp³-hybridized carbons (Fsp3) is 0.529. The summed E-state index contributed by atoms with van der Waals surface area (Å²) in [6.07, 6.45) is 7.96. The minimum atomic E-state index is -0.130. The van der Waals surface area contributed by atoms with Crippen LogP contribution in [0.2, 0.25) is 0 Å². The second-order valence-corrected chi connectivity index (χ2v) is 6.42. The van der Waals surface area contributed by atoms with E-state index in [1.165, 1.54) is 43.1 Å². The van der Waals surface area contributed by atoms with Gasteiger partial charge >= 0.3 is 0 Å². The molecule has 0 saturated heterocycles. The molecule has 0 radical (unpaired) electrons. The summed E-state index contributed by atoms with van der Waals surface area (Å²) in [7, 11) is 2.18. The Kier molecular flexibility index (Phi) is 5.53. The van der Waals surface area contributed by atoms with Crippen molar-refractivity contribution >= 4 is 11.6 Å². The summed E-state index contributed by atoms with van der Waals surface area (Å²) in [6, 6.07) is 8.62. The van der Waals surface area contributed by atoms with Gasteiger partial charge in [0, 0.05) is 18.3 Å². The Balaban J connectivity index is 1.62. The van der Waals surface area contributed by atoms with Crippen molar-refractivity contribution in [2.75, 3.05) is 12.4 Å². The van der Waals surface area contributed by atoms with Gasteiger partial charge in [0.05, 0.1) is 0 Å². The number of para-hydroxylation sites is 1. The van der Waals surface area contributed by atoms with Crippen LogP contribution in [0.5, 0.6) is 0 Å². The predicted octanol–water partition coefficient (Wildman–Crippen LogP) is 2.08. The minimum Gasteiger partial charge on any atom is -0.324 e. The molecule has 1 aliphatic carbocycles. The zero-order valence-corrected chi connectivity index (χ0v) is 14.1. The van der Waals surface area contributed by atoms with E-state index in [1.807, 2.05) is 18.2 Å². The first kappa shape index (κ1) is 16.6. The second-order valence-electron chi connectivity index (χ2n) is 6.42. The van der Waals surface area contributed by atoms with Crippen molar-refractivity contribution < 1.29 is 4.79 Å². The molecule has 24 heavy (non-hydrogen) atoms. The largest absolute Gasteiger partial charge is 0.324 e. The van der Waals surface area contributed by atoms with Gasteiger partial charge in [0.2, 0.25) is 5.91 Å². The molecule has 7 heteroatoms. The van der Waals surface area contributed by atoms with Gasteiger partial charge in [-0.15, -0.1) is 5.10 Å². The number of nitrogens with zero attached hydrogens (tertiary/aromatic N) is 5. The summed E-state index contributed by atoms with van der Waals surface area (Å²) in [6.45, 7) is 0.950. The average Bonchev–Trinajstić information content (AvgIpc) is 3.10. The van der Waals surface area contributed by atoms with Crippen molar-refractivity contribution in [2.24, 2.45) is 0 Å². The van der Waals surface area contributed by atoms with Crippen LogP contribution in [0, 0.1) is 0 Å². The number of nitrogens with one attached hydrogen (secondary N) is 1. The van der Waals surface area contributed by atoms with E-state index in [9.17, 15) is 4.79 Å². The highest BCUT2D eigenvalue weighted by molar-refractivity contribution is 5.91. The number of aromatic nitrogens is 4. The lowest BCUT2D eigenvalue weighted by Crippen LogP contribution is -2.33. The fourth-order valence-electron chi connectivity index (χ4n) is 3.29. The summed E-state index contributed by atoms with van der Waals surface area (Å²) in [5.41, 5.74) is 1.99. The number of benzene rings is 1. The smallest absolute Gasteiger partial charge is 0.246 e. The van der Waals surface area contributed by atoms with Crippen molar-refractivity contribution in [1.29, 1.82) is 0 Å². The third kappa shape index (κ3) is 4.38. The zero-order chi connectivity index (χ0) is 16.8. The van der Waals surface area contributed by atoms with Crippen molar-refractivity contribution in [3.05, 3.63) is 36.2 Å². The molecular formula is C17H24N6O. The van der Waals surface area contributed by atoms with Crippen LogP contribution in [-0.2, 0) is 17.9 Å². The first-order valence-electron chi connectivity index (χ1n) is 8.51. The van der Waals surface area contributed by atoms with Gasteiger partial charge in [-0.2, -0.15) is 0 Å². The Morgan fingerprint density at radius 3 is 2.83 bits per heavy atom. The SMILES string of the molecule is CN(Cc1ccccc1NC(=O)Cn1cnnn1)C1CCCCC1. The number of hydrogen-bond acceptors (Lipinski definition) is 5. The van der Waals surface area contributed by atoms with E-state index in [0.29, 0.717) is 6.04 Å². The van der Waals surface area contributed by atoms with Gasteiger partial charge in [0.1, 0.15) is 12.9 Å². The molecule has 0 spiro atoms. The molecule has 128 valence electrons. The van der Waals surface area contributed by atoms with Gasteiger partial charge in [-0.3, -0.25) is 9.69 Å². The predicted molar refractivity (Wildman–Crippen MR) is 91.2 cm³/mol. The standard InChI is InChI=1S/C17H24N6O/c1-22(15-8-3-2-4-9-15)11-14-7-5-6-10-16(14)19-17(24)12-23-13-18-20-21-23/h5-7,10,13,15H,2-4,8-9,11-12H2,1H3,(H,19,24). The molecule has 0 bridgehead atoms. The quantitative estimate of drug-likeness (QED) is 0.878. The molecule has 0 unspecified atom stereocenters. The van der Waals surface area contributed by atoms with Crippen molar-refractivity contribution in [2.45, 2.75) is 51.2 Å². The Hall–Kier alpha value is -2.28. The van der Waals surface area contributed by atoms with Gasteiger partial charge in [-0.25, -0.2) is 4.68 Å². The minimum absolute atomic E-state index is 0.111. The van der Waals surface area contributed by atoms with Gasteiger partial charge < -0.3 is 5.32 Å². The number of rotatable bonds is 6. The molecular weight excluding hydrogens is 304 g/mol. The van der Waals surface area contributed by atoms with E-state index in [-0.39, 0.29) is 12.5 Å². The summed E-state index contributed by atoms with van der Waals surface area (Å²) in [4.78, 5) is 14.6. The number of carbonyl (C=O) groups is 1. The van der Waals surface area contributed by atoms with Crippen LogP contribution in [0.4, 0.5) is 5.69 Å². The number of hydrogen-bond donors (Lipinski definition) is 1. The first-order chi connectivity index (χ1) is 11.7. The van der Waals surface area contributed by atoms with Crippen LogP contribution in [0.15, 0.2) is 30.6 Å². The number of carbonyl (C=O) groups excluding carboxylic acids is 1. The molecule has 2 aromatic rings. The molecule has 1 fully saturated rings. The highest BCUT2D eigenvalue weighted by Crippen LogP contribution is 2.24. The molecule has 0 aliphatic heterocycles. The maximum atomic E-state index is 12.2. The summed E-state index contributed by atoms with van der Waals surface area (Å²) < 4.78 is 1.41. The van der Waals surface area contributed by atoms with E-state index in [4.69, 9.17) is 0 Å². The Morgan fingerprint density at radius 2 is 2.08 bits per heavy atom. The molecule has 1 saturated carbocycles. The van der Waals surface area contributed by atoms with Crippen molar-refractivity contribution in [3.8, 4) is 0 Å². The number of tetrazole rings is 1. The first-order valence-corrected chi connectivity index (χ1v) is 8.51. The van der Waals surface area contributed by atoms with Gasteiger partial charge in [-0.1, -0.05) is 37.5 Å². The lowest BCUT2D eigenvalue weighted by atomic mass is 9.94. The summed E-state index contributed by atoms with van der Waals surface area (Å²) >= 11 is 0. The molecule has 1 heterocycles. The summed E-state index contributed by atoms with van der Waals surface area (Å²) in [5.74, 6) is -0.130. The Morgan fingerprint density at radius 1 is 1.29 bits per heavy atom. The highest BCUT2D eigenvalue weighted by Gasteiger charge is 2.19. The lowest BCUT2D eigenvalue weighted by Gasteiger charge is -2.31. The van der Waals surface area contributed by atoms with E-state index < -0.39 is 0 Å². The topological polar surface area (TPSA) is 75.9 Å². The maximum Gasteiger partial charge on any atom is 0.246 e. The van der Waals surface area contributed by atoms with E-state index in [1.54, 1.807) is 0 Å². The monoisotopic (exact) mass is 328 g/mol. The third-order valence-electron chi connectivity index (χ3n) is 4.61. The maximum absolute atomic E-state index is 12.2.